The molecule has 0 saturated heterocycles. The van der Waals surface area contributed by atoms with Crippen LogP contribution in [0.3, 0.4) is 0 Å². The van der Waals surface area contributed by atoms with Crippen LogP contribution < -0.4 is 5.73 Å². The predicted octanol–water partition coefficient (Wildman–Crippen LogP) is 5.23. The SMILES string of the molecule is Cc1cc2n(n1)C1N=C(c3ccc(C4(N)CC(C)(O)C4)cc3)C(c3ccccc3)=C(c3cccnc3)C1C=N2. The number of dihydropyridines is 1. The highest BCUT2D eigenvalue weighted by Crippen LogP contribution is 2.48. The first-order valence-electron chi connectivity index (χ1n) is 13.3. The summed E-state index contributed by atoms with van der Waals surface area (Å²) in [5.41, 5.74) is 13.6. The van der Waals surface area contributed by atoms with Gasteiger partial charge in [0.15, 0.2) is 12.0 Å². The van der Waals surface area contributed by atoms with Crippen molar-refractivity contribution in [3.63, 3.8) is 0 Å². The van der Waals surface area contributed by atoms with Gasteiger partial charge in [-0.25, -0.2) is 9.67 Å². The number of benzene rings is 2. The van der Waals surface area contributed by atoms with Crippen LogP contribution in [0.15, 0.2) is 95.2 Å². The van der Waals surface area contributed by atoms with E-state index in [0.717, 1.165) is 50.6 Å². The van der Waals surface area contributed by atoms with Crippen molar-refractivity contribution in [1.29, 1.82) is 0 Å². The number of aliphatic imine (C=N–C) groups is 2. The van der Waals surface area contributed by atoms with Crippen LogP contribution in [0.5, 0.6) is 0 Å². The van der Waals surface area contributed by atoms with Crippen molar-refractivity contribution in [2.75, 3.05) is 0 Å². The Bertz CT molecular complexity index is 1640. The van der Waals surface area contributed by atoms with Crippen LogP contribution in [-0.2, 0) is 5.54 Å². The Morgan fingerprint density at radius 1 is 0.949 bits per heavy atom. The third kappa shape index (κ3) is 3.97. The third-order valence-corrected chi connectivity index (χ3v) is 8.04. The lowest BCUT2D eigenvalue weighted by molar-refractivity contribution is -0.0738. The first-order valence-corrected chi connectivity index (χ1v) is 13.3. The highest BCUT2D eigenvalue weighted by Gasteiger charge is 2.49. The molecule has 1 fully saturated rings. The highest BCUT2D eigenvalue weighted by atomic mass is 16.3. The maximum absolute atomic E-state index is 10.3. The van der Waals surface area contributed by atoms with Gasteiger partial charge in [-0.2, -0.15) is 5.10 Å². The Hall–Kier alpha value is -4.20. The van der Waals surface area contributed by atoms with Crippen molar-refractivity contribution in [2.45, 2.75) is 44.0 Å². The number of fused-ring (bicyclic) bond motifs is 3. The molecule has 2 aromatic carbocycles. The molecular weight excluding hydrogens is 484 g/mol. The van der Waals surface area contributed by atoms with Crippen LogP contribution in [0, 0.1) is 12.8 Å². The molecule has 2 aromatic heterocycles. The number of pyridine rings is 1. The number of aromatic nitrogens is 3. The van der Waals surface area contributed by atoms with Crippen LogP contribution in [0.25, 0.3) is 11.1 Å². The minimum atomic E-state index is -0.708. The molecule has 1 saturated carbocycles. The van der Waals surface area contributed by atoms with Crippen molar-refractivity contribution in [1.82, 2.24) is 14.8 Å². The zero-order chi connectivity index (χ0) is 26.8. The first-order chi connectivity index (χ1) is 18.8. The quantitative estimate of drug-likeness (QED) is 0.389. The summed E-state index contributed by atoms with van der Waals surface area (Å²) < 4.78 is 1.94. The molecule has 3 N–H and O–H groups in total. The lowest BCUT2D eigenvalue weighted by Crippen LogP contribution is -2.58. The molecule has 4 heterocycles. The average Bonchev–Trinajstić information content (AvgIpc) is 3.32. The maximum atomic E-state index is 10.3. The van der Waals surface area contributed by atoms with Crippen LogP contribution >= 0.6 is 0 Å². The van der Waals surface area contributed by atoms with Crippen LogP contribution in [0.1, 0.15) is 53.9 Å². The Morgan fingerprint density at radius 3 is 2.38 bits per heavy atom. The highest BCUT2D eigenvalue weighted by molar-refractivity contribution is 6.38. The van der Waals surface area contributed by atoms with E-state index in [-0.39, 0.29) is 12.1 Å². The van der Waals surface area contributed by atoms with Gasteiger partial charge < -0.3 is 10.8 Å². The normalized spacial score (nSPS) is 27.4. The van der Waals surface area contributed by atoms with Gasteiger partial charge in [0, 0.05) is 41.4 Å². The number of nitrogens with zero attached hydrogens (tertiary/aromatic N) is 5. The zero-order valence-corrected chi connectivity index (χ0v) is 22.0. The Morgan fingerprint density at radius 2 is 1.69 bits per heavy atom. The molecule has 0 radical (unpaired) electrons. The predicted molar refractivity (Wildman–Crippen MR) is 154 cm³/mol. The summed E-state index contributed by atoms with van der Waals surface area (Å²) in [5, 5.41) is 15.1. The van der Waals surface area contributed by atoms with Crippen molar-refractivity contribution >= 4 is 28.9 Å². The average molecular weight is 515 g/mol. The summed E-state index contributed by atoms with van der Waals surface area (Å²) in [6.07, 6.45) is 6.54. The summed E-state index contributed by atoms with van der Waals surface area (Å²) >= 11 is 0. The fourth-order valence-corrected chi connectivity index (χ4v) is 6.48. The molecule has 3 aliphatic rings. The summed E-state index contributed by atoms with van der Waals surface area (Å²) in [6, 6.07) is 24.8. The van der Waals surface area contributed by atoms with E-state index in [1.54, 1.807) is 6.20 Å². The number of hydrogen-bond acceptors (Lipinski definition) is 6. The molecule has 1 aliphatic carbocycles. The van der Waals surface area contributed by atoms with Crippen molar-refractivity contribution in [3.05, 3.63) is 113 Å². The molecule has 2 unspecified atom stereocenters. The molecule has 2 aliphatic heterocycles. The van der Waals surface area contributed by atoms with Gasteiger partial charge >= 0.3 is 0 Å². The van der Waals surface area contributed by atoms with Gasteiger partial charge in [-0.1, -0.05) is 60.7 Å². The van der Waals surface area contributed by atoms with E-state index in [1.165, 1.54) is 0 Å². The molecule has 7 heteroatoms. The smallest absolute Gasteiger partial charge is 0.156 e. The Balaban J connectivity index is 1.43. The number of allylic oxidation sites excluding steroid dienone is 1. The van der Waals surface area contributed by atoms with Gasteiger partial charge in [-0.05, 0) is 55.0 Å². The summed E-state index contributed by atoms with van der Waals surface area (Å²) in [7, 11) is 0. The zero-order valence-electron chi connectivity index (χ0n) is 22.0. The van der Waals surface area contributed by atoms with Gasteiger partial charge in [0.2, 0.25) is 0 Å². The molecule has 0 amide bonds. The summed E-state index contributed by atoms with van der Waals surface area (Å²) in [4.78, 5) is 14.6. The lowest BCUT2D eigenvalue weighted by Gasteiger charge is -2.49. The van der Waals surface area contributed by atoms with E-state index < -0.39 is 11.1 Å². The molecule has 194 valence electrons. The molecular formula is C32H30N6O. The van der Waals surface area contributed by atoms with Gasteiger partial charge in [0.25, 0.3) is 0 Å². The van der Waals surface area contributed by atoms with Crippen LogP contribution in [0.4, 0.5) is 5.82 Å². The fourth-order valence-electron chi connectivity index (χ4n) is 6.48. The van der Waals surface area contributed by atoms with E-state index in [0.29, 0.717) is 12.8 Å². The van der Waals surface area contributed by atoms with Crippen molar-refractivity contribution in [2.24, 2.45) is 21.6 Å². The first kappa shape index (κ1) is 23.9. The van der Waals surface area contributed by atoms with E-state index in [9.17, 15) is 5.11 Å². The molecule has 39 heavy (non-hydrogen) atoms. The number of rotatable bonds is 4. The largest absolute Gasteiger partial charge is 0.390 e. The maximum Gasteiger partial charge on any atom is 0.156 e. The second-order valence-electron chi connectivity index (χ2n) is 11.3. The number of nitrogens with two attached hydrogens (primary N) is 1. The van der Waals surface area contributed by atoms with Crippen molar-refractivity contribution < 1.29 is 5.11 Å². The second kappa shape index (κ2) is 8.66. The molecule has 0 spiro atoms. The van der Waals surface area contributed by atoms with Gasteiger partial charge in [-0.15, -0.1) is 0 Å². The lowest BCUT2D eigenvalue weighted by atomic mass is 9.63. The van der Waals surface area contributed by atoms with Crippen LogP contribution in [-0.4, -0.2) is 37.4 Å². The van der Waals surface area contributed by atoms with Gasteiger partial charge in [0.05, 0.1) is 22.9 Å². The van der Waals surface area contributed by atoms with E-state index in [1.807, 2.05) is 49.1 Å². The van der Waals surface area contributed by atoms with Crippen LogP contribution in [0.2, 0.25) is 0 Å². The van der Waals surface area contributed by atoms with E-state index in [4.69, 9.17) is 20.8 Å². The molecule has 0 bridgehead atoms. The summed E-state index contributed by atoms with van der Waals surface area (Å²) in [5.74, 6) is 0.701. The molecule has 7 nitrogen and oxygen atoms in total. The van der Waals surface area contributed by atoms with E-state index in [2.05, 4.69) is 59.6 Å². The molecule has 2 atom stereocenters. The third-order valence-electron chi connectivity index (χ3n) is 8.04. The minimum absolute atomic E-state index is 0.108. The summed E-state index contributed by atoms with van der Waals surface area (Å²) in [6.45, 7) is 3.82. The topological polar surface area (TPSA) is 102 Å². The number of aliphatic hydroxyl groups is 1. The van der Waals surface area contributed by atoms with Crippen molar-refractivity contribution in [3.8, 4) is 0 Å². The number of hydrogen-bond donors (Lipinski definition) is 2. The fraction of sp³-hybridized carbons (Fsp3) is 0.250. The Labute approximate surface area is 227 Å². The van der Waals surface area contributed by atoms with Gasteiger partial charge in [-0.3, -0.25) is 9.98 Å². The van der Waals surface area contributed by atoms with Gasteiger partial charge in [0.1, 0.15) is 0 Å². The molecule has 4 aromatic rings. The second-order valence-corrected chi connectivity index (χ2v) is 11.3. The standard InChI is InChI=1S/C32H30N6O/c1-20-15-26-35-17-25-27(23-9-6-14-34-16-23)28(21-7-4-3-5-8-21)29(36-30(25)38(26)37-20)22-10-12-24(13-11-22)32(33)18-31(2,39)19-32/h3-17,25,30,39H,18-19,33H2,1-2H3. The van der Waals surface area contributed by atoms with E-state index >= 15 is 0 Å². The Kier molecular flexibility index (Phi) is 5.30. The minimum Gasteiger partial charge on any atom is -0.390 e. The number of aryl methyl sites for hydroxylation is 1. The molecule has 7 rings (SSSR count). The monoisotopic (exact) mass is 514 g/mol.